The van der Waals surface area contributed by atoms with E-state index in [0.29, 0.717) is 24.2 Å². The van der Waals surface area contributed by atoms with Crippen molar-refractivity contribution >= 4 is 45.7 Å². The maximum absolute atomic E-state index is 14.4. The molecule has 0 fully saturated rings. The second-order valence-corrected chi connectivity index (χ2v) is 10.6. The highest BCUT2D eigenvalue weighted by Gasteiger charge is 2.55. The molecule has 1 atom stereocenters. The van der Waals surface area contributed by atoms with Crippen LogP contribution in [0.4, 0.5) is 10.1 Å². The first-order valence-electron chi connectivity index (χ1n) is 11.9. The van der Waals surface area contributed by atoms with Gasteiger partial charge in [-0.15, -0.1) is 10.2 Å². The van der Waals surface area contributed by atoms with Crippen molar-refractivity contribution in [3.05, 3.63) is 105 Å². The number of H-pyrrole nitrogens is 1. The number of aryl methyl sites for hydroxylation is 2. The number of nitrogens with zero attached hydrogens (tertiary/aromatic N) is 4. The summed E-state index contributed by atoms with van der Waals surface area (Å²) in [6, 6.07) is 14.3. The van der Waals surface area contributed by atoms with Crippen LogP contribution in [-0.4, -0.2) is 25.7 Å². The van der Waals surface area contributed by atoms with Crippen molar-refractivity contribution in [2.24, 2.45) is 0 Å². The molecular formula is C28H20Cl2FN5O. The molecule has 2 aliphatic rings. The molecular weight excluding hydrogens is 512 g/mol. The zero-order valence-corrected chi connectivity index (χ0v) is 21.2. The summed E-state index contributed by atoms with van der Waals surface area (Å²) in [5.41, 5.74) is 6.26. The molecule has 3 aromatic carbocycles. The minimum absolute atomic E-state index is 0.217. The number of carbonyl (C=O) groups excluding carboxylic acids is 1. The van der Waals surface area contributed by atoms with Crippen molar-refractivity contribution in [3.8, 4) is 5.69 Å². The number of aromatic nitrogens is 4. The molecule has 0 bridgehead atoms. The first-order valence-corrected chi connectivity index (χ1v) is 12.7. The molecule has 7 rings (SSSR count). The van der Waals surface area contributed by atoms with E-state index in [0.717, 1.165) is 34.1 Å². The van der Waals surface area contributed by atoms with Crippen LogP contribution in [0.3, 0.4) is 0 Å². The van der Waals surface area contributed by atoms with Gasteiger partial charge in [0.05, 0.1) is 32.5 Å². The average molecular weight is 532 g/mol. The number of aromatic amines is 1. The fourth-order valence-corrected chi connectivity index (χ4v) is 6.65. The van der Waals surface area contributed by atoms with Crippen LogP contribution >= 0.6 is 23.2 Å². The second kappa shape index (κ2) is 7.91. The number of rotatable bonds is 2. The number of halogens is 3. The molecule has 1 amide bonds. The van der Waals surface area contributed by atoms with Gasteiger partial charge < -0.3 is 4.98 Å². The predicted molar refractivity (Wildman–Crippen MR) is 141 cm³/mol. The summed E-state index contributed by atoms with van der Waals surface area (Å²) in [5, 5.41) is 9.21. The summed E-state index contributed by atoms with van der Waals surface area (Å²) in [5.74, 6) is -0.622. The van der Waals surface area contributed by atoms with Gasteiger partial charge in [-0.25, -0.2) is 4.39 Å². The topological polar surface area (TPSA) is 66.8 Å². The molecule has 5 aromatic rings. The van der Waals surface area contributed by atoms with Crippen LogP contribution in [0.5, 0.6) is 0 Å². The van der Waals surface area contributed by atoms with E-state index in [1.54, 1.807) is 33.7 Å². The maximum Gasteiger partial charge on any atom is 0.262 e. The summed E-state index contributed by atoms with van der Waals surface area (Å²) < 4.78 is 16.1. The van der Waals surface area contributed by atoms with E-state index in [-0.39, 0.29) is 27.3 Å². The normalized spacial score (nSPS) is 18.1. The lowest BCUT2D eigenvalue weighted by Gasteiger charge is -2.55. The quantitative estimate of drug-likeness (QED) is 0.281. The van der Waals surface area contributed by atoms with Crippen molar-refractivity contribution in [2.75, 3.05) is 4.90 Å². The third kappa shape index (κ3) is 3.20. The van der Waals surface area contributed by atoms with Crippen LogP contribution in [0.15, 0.2) is 61.2 Å². The van der Waals surface area contributed by atoms with Crippen LogP contribution < -0.4 is 4.90 Å². The maximum atomic E-state index is 14.4. The minimum atomic E-state index is -0.693. The Balaban J connectivity index is 1.35. The molecule has 1 unspecified atom stereocenters. The lowest BCUT2D eigenvalue weighted by molar-refractivity contribution is 0.0928. The van der Waals surface area contributed by atoms with Gasteiger partial charge >= 0.3 is 0 Å². The first-order chi connectivity index (χ1) is 17.9. The Hall–Kier alpha value is -3.68. The van der Waals surface area contributed by atoms with Crippen molar-refractivity contribution in [3.63, 3.8) is 0 Å². The summed E-state index contributed by atoms with van der Waals surface area (Å²) in [4.78, 5) is 19.5. The van der Waals surface area contributed by atoms with E-state index >= 15 is 0 Å². The van der Waals surface area contributed by atoms with Gasteiger partial charge in [0.1, 0.15) is 18.5 Å². The van der Waals surface area contributed by atoms with Crippen molar-refractivity contribution in [1.82, 2.24) is 19.7 Å². The monoisotopic (exact) mass is 531 g/mol. The lowest BCUT2D eigenvalue weighted by Crippen LogP contribution is -2.60. The van der Waals surface area contributed by atoms with Gasteiger partial charge in [-0.2, -0.15) is 0 Å². The third-order valence-electron chi connectivity index (χ3n) is 7.70. The van der Waals surface area contributed by atoms with Crippen LogP contribution in [0.25, 0.3) is 16.6 Å². The number of fused-ring (bicyclic) bond motifs is 5. The largest absolute Gasteiger partial charge is 0.358 e. The molecule has 3 heterocycles. The van der Waals surface area contributed by atoms with Gasteiger partial charge in [-0.3, -0.25) is 14.3 Å². The van der Waals surface area contributed by atoms with Gasteiger partial charge in [0.25, 0.3) is 5.91 Å². The highest BCUT2D eigenvalue weighted by atomic mass is 35.5. The number of benzene rings is 3. The standard InChI is InChI=1S/C28H20Cl2FN5O/c1-15-2-4-18-19-12-28(7-6-23(19)34-24(18)8-15)20-9-16(31)3-5-25(20)36(28)27(37)26-21(29)10-17(11-22(26)30)35-13-32-33-14-35/h2-5,8-11,13-14,34H,6-7,12H2,1H3. The molecule has 1 aliphatic carbocycles. The molecule has 1 aliphatic heterocycles. The molecule has 0 saturated heterocycles. The number of hydrogen-bond donors (Lipinski definition) is 1. The van der Waals surface area contributed by atoms with Crippen molar-refractivity contribution in [2.45, 2.75) is 31.7 Å². The number of hydrogen-bond acceptors (Lipinski definition) is 3. The van der Waals surface area contributed by atoms with E-state index < -0.39 is 5.54 Å². The third-order valence-corrected chi connectivity index (χ3v) is 8.29. The van der Waals surface area contributed by atoms with E-state index in [1.165, 1.54) is 24.3 Å². The smallest absolute Gasteiger partial charge is 0.262 e. The predicted octanol–water partition coefficient (Wildman–Crippen LogP) is 6.55. The molecule has 0 radical (unpaired) electrons. The Morgan fingerprint density at radius 2 is 1.81 bits per heavy atom. The van der Waals surface area contributed by atoms with E-state index in [1.807, 2.05) is 0 Å². The molecule has 1 N–H and O–H groups in total. The zero-order chi connectivity index (χ0) is 25.5. The van der Waals surface area contributed by atoms with E-state index in [9.17, 15) is 9.18 Å². The zero-order valence-electron chi connectivity index (χ0n) is 19.7. The number of nitrogens with one attached hydrogen (secondary N) is 1. The van der Waals surface area contributed by atoms with Crippen molar-refractivity contribution in [1.29, 1.82) is 0 Å². The molecule has 37 heavy (non-hydrogen) atoms. The molecule has 184 valence electrons. The first kappa shape index (κ1) is 22.5. The molecule has 0 saturated carbocycles. The minimum Gasteiger partial charge on any atom is -0.358 e. The average Bonchev–Trinajstić information content (AvgIpc) is 3.52. The second-order valence-electron chi connectivity index (χ2n) is 9.80. The van der Waals surface area contributed by atoms with Crippen LogP contribution in [-0.2, 0) is 18.4 Å². The molecule has 1 spiro atoms. The Bertz CT molecular complexity index is 1720. The Kier molecular flexibility index (Phi) is 4.81. The van der Waals surface area contributed by atoms with E-state index in [4.69, 9.17) is 23.2 Å². The van der Waals surface area contributed by atoms with Gasteiger partial charge in [-0.05, 0) is 67.3 Å². The van der Waals surface area contributed by atoms with Gasteiger partial charge in [-0.1, -0.05) is 35.3 Å². The molecule has 2 aromatic heterocycles. The Morgan fingerprint density at radius 3 is 2.57 bits per heavy atom. The fourth-order valence-electron chi connectivity index (χ4n) is 6.01. The Morgan fingerprint density at radius 1 is 1.05 bits per heavy atom. The van der Waals surface area contributed by atoms with E-state index in [2.05, 4.69) is 40.3 Å². The van der Waals surface area contributed by atoms with Crippen LogP contribution in [0.1, 0.15) is 39.2 Å². The highest BCUT2D eigenvalue weighted by molar-refractivity contribution is 6.41. The van der Waals surface area contributed by atoms with Gasteiger partial charge in [0.15, 0.2) is 0 Å². The number of carbonyl (C=O) groups is 1. The highest BCUT2D eigenvalue weighted by Crippen LogP contribution is 2.56. The van der Waals surface area contributed by atoms with Crippen LogP contribution in [0.2, 0.25) is 10.0 Å². The van der Waals surface area contributed by atoms with Gasteiger partial charge in [0.2, 0.25) is 0 Å². The van der Waals surface area contributed by atoms with Gasteiger partial charge in [0, 0.05) is 28.6 Å². The number of amides is 1. The summed E-state index contributed by atoms with van der Waals surface area (Å²) >= 11 is 13.3. The summed E-state index contributed by atoms with van der Waals surface area (Å²) in [6.45, 7) is 2.06. The molecule has 9 heteroatoms. The van der Waals surface area contributed by atoms with Crippen molar-refractivity contribution < 1.29 is 9.18 Å². The summed E-state index contributed by atoms with van der Waals surface area (Å²) in [7, 11) is 0. The molecule has 6 nitrogen and oxygen atoms in total. The SMILES string of the molecule is Cc1ccc2c3c([nH]c2c1)CCC1(C3)c2cc(F)ccc2N1C(=O)c1c(Cl)cc(-n2cnnc2)cc1Cl. The summed E-state index contributed by atoms with van der Waals surface area (Å²) in [6.07, 6.45) is 5.02. The number of anilines is 1. The van der Waals surface area contributed by atoms with Crippen LogP contribution in [0, 0.1) is 12.7 Å². The fraction of sp³-hybridized carbons (Fsp3) is 0.179. The lowest BCUT2D eigenvalue weighted by atomic mass is 9.67. The Labute approximate surface area is 221 Å².